The first-order valence-corrected chi connectivity index (χ1v) is 6.92. The Morgan fingerprint density at radius 2 is 2.05 bits per heavy atom. The molecule has 2 rings (SSSR count). The molecule has 1 heterocycles. The van der Waals surface area contributed by atoms with Crippen LogP contribution in [0, 0.1) is 5.92 Å². The van der Waals surface area contributed by atoms with Crippen molar-refractivity contribution in [2.75, 3.05) is 6.54 Å². The maximum atomic E-state index is 12.8. The van der Waals surface area contributed by atoms with Gasteiger partial charge in [0, 0.05) is 12.6 Å². The zero-order chi connectivity index (χ0) is 14.9. The lowest BCUT2D eigenvalue weighted by Crippen LogP contribution is -2.32. The van der Waals surface area contributed by atoms with Crippen molar-refractivity contribution >= 4 is 0 Å². The zero-order valence-corrected chi connectivity index (χ0v) is 11.7. The number of likely N-dealkylation sites (tertiary alicyclic amines) is 1. The Morgan fingerprint density at radius 1 is 1.35 bits per heavy atom. The quantitative estimate of drug-likeness (QED) is 0.907. The molecule has 1 atom stereocenters. The van der Waals surface area contributed by atoms with E-state index >= 15 is 0 Å². The van der Waals surface area contributed by atoms with Crippen LogP contribution in [-0.2, 0) is 12.7 Å². The van der Waals surface area contributed by atoms with E-state index in [9.17, 15) is 18.3 Å². The molecule has 1 N–H and O–H groups in total. The van der Waals surface area contributed by atoms with Crippen molar-refractivity contribution in [1.29, 1.82) is 0 Å². The molecule has 0 bridgehead atoms. The van der Waals surface area contributed by atoms with Gasteiger partial charge in [0.15, 0.2) is 0 Å². The third-order valence-corrected chi connectivity index (χ3v) is 3.94. The summed E-state index contributed by atoms with van der Waals surface area (Å²) >= 11 is 0. The molecule has 1 aliphatic rings. The molecule has 1 aromatic carbocycles. The van der Waals surface area contributed by atoms with E-state index < -0.39 is 17.5 Å². The maximum Gasteiger partial charge on any atom is 0.419 e. The molecular weight excluding hydrogens is 267 g/mol. The summed E-state index contributed by atoms with van der Waals surface area (Å²) in [5.74, 6) is -0.209. The number of hydrogen-bond acceptors (Lipinski definition) is 2. The van der Waals surface area contributed by atoms with Crippen molar-refractivity contribution in [3.05, 3.63) is 29.3 Å². The Morgan fingerprint density at radius 3 is 2.65 bits per heavy atom. The summed E-state index contributed by atoms with van der Waals surface area (Å²) in [7, 11) is 0. The molecule has 0 aliphatic carbocycles. The minimum Gasteiger partial charge on any atom is -0.507 e. The van der Waals surface area contributed by atoms with Crippen molar-refractivity contribution in [2.24, 2.45) is 5.92 Å². The largest absolute Gasteiger partial charge is 0.507 e. The maximum absolute atomic E-state index is 12.8. The molecule has 0 aromatic heterocycles. The van der Waals surface area contributed by atoms with E-state index in [0.29, 0.717) is 24.1 Å². The van der Waals surface area contributed by atoms with Crippen LogP contribution in [0.15, 0.2) is 18.2 Å². The van der Waals surface area contributed by atoms with E-state index in [0.717, 1.165) is 31.5 Å². The van der Waals surface area contributed by atoms with Crippen LogP contribution in [0.5, 0.6) is 5.75 Å². The second-order valence-corrected chi connectivity index (χ2v) is 5.77. The molecule has 0 radical (unpaired) electrons. The van der Waals surface area contributed by atoms with Gasteiger partial charge in [-0.2, -0.15) is 13.2 Å². The summed E-state index contributed by atoms with van der Waals surface area (Å²) < 4.78 is 38.3. The van der Waals surface area contributed by atoms with Gasteiger partial charge in [-0.3, -0.25) is 4.90 Å². The fourth-order valence-corrected chi connectivity index (χ4v) is 2.95. The van der Waals surface area contributed by atoms with Crippen LogP contribution in [0.25, 0.3) is 0 Å². The third kappa shape index (κ3) is 3.26. The van der Waals surface area contributed by atoms with Crippen LogP contribution in [-0.4, -0.2) is 22.6 Å². The molecule has 20 heavy (non-hydrogen) atoms. The monoisotopic (exact) mass is 287 g/mol. The summed E-state index contributed by atoms with van der Waals surface area (Å²) in [6.45, 7) is 5.71. The molecule has 1 fully saturated rings. The minimum atomic E-state index is -4.51. The molecule has 1 aliphatic heterocycles. The first-order valence-electron chi connectivity index (χ1n) is 6.92. The zero-order valence-electron chi connectivity index (χ0n) is 11.7. The number of hydrogen-bond donors (Lipinski definition) is 1. The standard InChI is InChI=1S/C15H20F3NO/c1-10(2)13-4-3-7-19(13)9-11-5-6-14(20)12(8-11)15(16,17)18/h5-6,8,10,13,20H,3-4,7,9H2,1-2H3. The van der Waals surface area contributed by atoms with Crippen LogP contribution < -0.4 is 0 Å². The summed E-state index contributed by atoms with van der Waals surface area (Å²) in [5.41, 5.74) is -0.349. The van der Waals surface area contributed by atoms with Gasteiger partial charge in [0.1, 0.15) is 5.75 Å². The SMILES string of the molecule is CC(C)C1CCCN1Cc1ccc(O)c(C(F)(F)F)c1. The topological polar surface area (TPSA) is 23.5 Å². The molecule has 5 heteroatoms. The van der Waals surface area contributed by atoms with Crippen LogP contribution in [0.2, 0.25) is 0 Å². The number of alkyl halides is 3. The highest BCUT2D eigenvalue weighted by atomic mass is 19.4. The van der Waals surface area contributed by atoms with Crippen molar-refractivity contribution in [1.82, 2.24) is 4.90 Å². The van der Waals surface area contributed by atoms with Crippen LogP contribution >= 0.6 is 0 Å². The fraction of sp³-hybridized carbons (Fsp3) is 0.600. The first kappa shape index (κ1) is 15.2. The smallest absolute Gasteiger partial charge is 0.419 e. The molecular formula is C15H20F3NO. The number of phenols is 1. The molecule has 1 saturated heterocycles. The van der Waals surface area contributed by atoms with Crippen LogP contribution in [0.1, 0.15) is 37.8 Å². The van der Waals surface area contributed by atoms with Gasteiger partial charge in [-0.05, 0) is 43.0 Å². The van der Waals surface area contributed by atoms with E-state index in [4.69, 9.17) is 0 Å². The van der Waals surface area contributed by atoms with E-state index in [-0.39, 0.29) is 0 Å². The molecule has 112 valence electrons. The van der Waals surface area contributed by atoms with E-state index in [2.05, 4.69) is 18.7 Å². The lowest BCUT2D eigenvalue weighted by atomic mass is 10.0. The van der Waals surface area contributed by atoms with Gasteiger partial charge in [0.2, 0.25) is 0 Å². The Labute approximate surface area is 117 Å². The van der Waals surface area contributed by atoms with Crippen molar-refractivity contribution < 1.29 is 18.3 Å². The number of halogens is 3. The molecule has 2 nitrogen and oxygen atoms in total. The number of benzene rings is 1. The van der Waals surface area contributed by atoms with Gasteiger partial charge in [0.05, 0.1) is 5.56 Å². The average Bonchev–Trinajstić information content (AvgIpc) is 2.78. The summed E-state index contributed by atoms with van der Waals surface area (Å²) in [5, 5.41) is 9.34. The van der Waals surface area contributed by atoms with Gasteiger partial charge in [-0.15, -0.1) is 0 Å². The Balaban J connectivity index is 2.18. The first-order chi connectivity index (χ1) is 9.29. The molecule has 1 unspecified atom stereocenters. The van der Waals surface area contributed by atoms with Crippen LogP contribution in [0.4, 0.5) is 13.2 Å². The number of nitrogens with zero attached hydrogens (tertiary/aromatic N) is 1. The van der Waals surface area contributed by atoms with Crippen LogP contribution in [0.3, 0.4) is 0 Å². The summed E-state index contributed by atoms with van der Waals surface area (Å²) in [6, 6.07) is 4.20. The number of phenolic OH excluding ortho intramolecular Hbond substituents is 1. The molecule has 0 spiro atoms. The molecule has 1 aromatic rings. The predicted molar refractivity (Wildman–Crippen MR) is 71.4 cm³/mol. The van der Waals surface area contributed by atoms with Gasteiger partial charge >= 0.3 is 6.18 Å². The second-order valence-electron chi connectivity index (χ2n) is 5.77. The number of rotatable bonds is 3. The Bertz CT molecular complexity index is 471. The molecule has 0 amide bonds. The van der Waals surface area contributed by atoms with Gasteiger partial charge in [-0.25, -0.2) is 0 Å². The highest BCUT2D eigenvalue weighted by Crippen LogP contribution is 2.36. The average molecular weight is 287 g/mol. The summed E-state index contributed by atoms with van der Waals surface area (Å²) in [6.07, 6.45) is -2.32. The Kier molecular flexibility index (Phi) is 4.28. The predicted octanol–water partition coefficient (Wildman–Crippen LogP) is 4.03. The van der Waals surface area contributed by atoms with E-state index in [1.807, 2.05) is 0 Å². The normalized spacial score (nSPS) is 20.8. The van der Waals surface area contributed by atoms with Crippen molar-refractivity contribution in [2.45, 2.75) is 45.5 Å². The highest BCUT2D eigenvalue weighted by Gasteiger charge is 2.34. The van der Waals surface area contributed by atoms with Gasteiger partial charge < -0.3 is 5.11 Å². The lowest BCUT2D eigenvalue weighted by molar-refractivity contribution is -0.138. The van der Waals surface area contributed by atoms with E-state index in [1.165, 1.54) is 0 Å². The summed E-state index contributed by atoms with van der Waals surface area (Å²) in [4.78, 5) is 2.23. The van der Waals surface area contributed by atoms with Crippen molar-refractivity contribution in [3.63, 3.8) is 0 Å². The fourth-order valence-electron chi connectivity index (χ4n) is 2.95. The molecule has 0 saturated carbocycles. The lowest BCUT2D eigenvalue weighted by Gasteiger charge is -2.27. The second kappa shape index (κ2) is 5.64. The van der Waals surface area contributed by atoms with Crippen molar-refractivity contribution in [3.8, 4) is 5.75 Å². The minimum absolute atomic E-state index is 0.429. The highest BCUT2D eigenvalue weighted by molar-refractivity contribution is 5.38. The van der Waals surface area contributed by atoms with Gasteiger partial charge in [-0.1, -0.05) is 19.9 Å². The van der Waals surface area contributed by atoms with E-state index in [1.54, 1.807) is 6.07 Å². The third-order valence-electron chi connectivity index (χ3n) is 3.94. The number of aromatic hydroxyl groups is 1. The van der Waals surface area contributed by atoms with Gasteiger partial charge in [0.25, 0.3) is 0 Å². The Hall–Kier alpha value is -1.23.